The molecule has 0 unspecified atom stereocenters. The summed E-state index contributed by atoms with van der Waals surface area (Å²) < 4.78 is 37.0. The number of H-pyrrole nitrogens is 2. The topological polar surface area (TPSA) is 159 Å². The van der Waals surface area contributed by atoms with Crippen LogP contribution in [0.5, 0.6) is 34.5 Å². The van der Waals surface area contributed by atoms with E-state index in [1.165, 1.54) is 48.7 Å². The van der Waals surface area contributed by atoms with Crippen molar-refractivity contribution in [1.82, 2.24) is 19.9 Å². The molecule has 1 aliphatic rings. The Morgan fingerprint density at radius 3 is 1.63 bits per heavy atom. The van der Waals surface area contributed by atoms with Gasteiger partial charge in [-0.1, -0.05) is 0 Å². The zero-order valence-corrected chi connectivity index (χ0v) is 24.1. The van der Waals surface area contributed by atoms with Crippen LogP contribution >= 0.6 is 11.6 Å². The van der Waals surface area contributed by atoms with Crippen molar-refractivity contribution in [3.05, 3.63) is 38.1 Å². The fourth-order valence-corrected chi connectivity index (χ4v) is 4.54. The molecule has 1 fully saturated rings. The molecular weight excluding hydrogens is 562 g/mol. The number of rotatable bonds is 7. The molecule has 0 spiro atoms. The van der Waals surface area contributed by atoms with Crippen LogP contribution in [0.1, 0.15) is 0 Å². The molecule has 1 saturated heterocycles. The van der Waals surface area contributed by atoms with Crippen molar-refractivity contribution < 1.29 is 33.2 Å². The molecule has 5 rings (SSSR count). The molecular formula is C26H30ClN5O9. The number of aromatic nitrogens is 4. The van der Waals surface area contributed by atoms with Crippen molar-refractivity contribution in [2.75, 3.05) is 73.9 Å². The number of hydrogen-bond acceptors (Lipinski definition) is 12. The Balaban J connectivity index is 0.000000195. The third-order valence-electron chi connectivity index (χ3n) is 6.28. The number of methoxy groups -OCH3 is 6. The smallest absolute Gasteiger partial charge is 0.260 e. The number of aromatic amines is 2. The van der Waals surface area contributed by atoms with Gasteiger partial charge >= 0.3 is 0 Å². The summed E-state index contributed by atoms with van der Waals surface area (Å²) in [7, 11) is 8.93. The number of ether oxygens (including phenoxy) is 7. The Bertz CT molecular complexity index is 1670. The van der Waals surface area contributed by atoms with Gasteiger partial charge in [-0.05, 0) is 23.7 Å². The van der Waals surface area contributed by atoms with Gasteiger partial charge in [-0.25, -0.2) is 9.97 Å². The number of morpholine rings is 1. The summed E-state index contributed by atoms with van der Waals surface area (Å²) in [5, 5.41) is 0.684. The second-order valence-corrected chi connectivity index (χ2v) is 8.79. The minimum Gasteiger partial charge on any atom is -0.493 e. The number of benzene rings is 2. The Labute approximate surface area is 239 Å². The first-order valence-corrected chi connectivity index (χ1v) is 12.6. The van der Waals surface area contributed by atoms with Crippen molar-refractivity contribution in [1.29, 1.82) is 0 Å². The normalized spacial score (nSPS) is 12.9. The van der Waals surface area contributed by atoms with Crippen LogP contribution in [0, 0.1) is 0 Å². The van der Waals surface area contributed by atoms with Crippen LogP contribution in [-0.2, 0) is 4.74 Å². The molecule has 2 aromatic heterocycles. The molecule has 220 valence electrons. The zero-order chi connectivity index (χ0) is 29.7. The number of halogens is 1. The van der Waals surface area contributed by atoms with Crippen LogP contribution in [0.2, 0.25) is 5.28 Å². The first kappa shape index (κ1) is 29.6. The van der Waals surface area contributed by atoms with E-state index in [9.17, 15) is 9.59 Å². The summed E-state index contributed by atoms with van der Waals surface area (Å²) in [4.78, 5) is 40.1. The molecule has 41 heavy (non-hydrogen) atoms. The monoisotopic (exact) mass is 591 g/mol. The summed E-state index contributed by atoms with van der Waals surface area (Å²) >= 11 is 5.73. The maximum Gasteiger partial charge on any atom is 0.260 e. The molecule has 0 saturated carbocycles. The third kappa shape index (κ3) is 5.74. The third-order valence-corrected chi connectivity index (χ3v) is 6.46. The summed E-state index contributed by atoms with van der Waals surface area (Å²) in [6, 6.07) is 3.13. The molecule has 2 N–H and O–H groups in total. The maximum absolute atomic E-state index is 12.5. The van der Waals surface area contributed by atoms with Crippen LogP contribution < -0.4 is 44.4 Å². The Morgan fingerprint density at radius 2 is 1.17 bits per heavy atom. The van der Waals surface area contributed by atoms with Crippen LogP contribution in [0.3, 0.4) is 0 Å². The van der Waals surface area contributed by atoms with Crippen molar-refractivity contribution in [2.24, 2.45) is 0 Å². The van der Waals surface area contributed by atoms with Gasteiger partial charge in [0, 0.05) is 13.1 Å². The fraction of sp³-hybridized carbons (Fsp3) is 0.385. The molecule has 0 aliphatic carbocycles. The van der Waals surface area contributed by atoms with E-state index in [0.29, 0.717) is 88.6 Å². The van der Waals surface area contributed by atoms with Gasteiger partial charge in [0.2, 0.25) is 22.7 Å². The van der Waals surface area contributed by atoms with E-state index in [-0.39, 0.29) is 16.4 Å². The lowest BCUT2D eigenvalue weighted by molar-refractivity contribution is 0.122. The van der Waals surface area contributed by atoms with Gasteiger partial charge in [0.15, 0.2) is 23.0 Å². The van der Waals surface area contributed by atoms with Crippen molar-refractivity contribution >= 4 is 39.4 Å². The van der Waals surface area contributed by atoms with Crippen molar-refractivity contribution in [3.63, 3.8) is 0 Å². The van der Waals surface area contributed by atoms with E-state index in [2.05, 4.69) is 19.9 Å². The molecule has 3 heterocycles. The lowest BCUT2D eigenvalue weighted by atomic mass is 10.2. The Hall–Kier alpha value is -4.43. The second kappa shape index (κ2) is 12.8. The molecule has 15 heteroatoms. The number of hydrogen-bond donors (Lipinski definition) is 2. The molecule has 2 aromatic carbocycles. The minimum atomic E-state index is -0.371. The lowest BCUT2D eigenvalue weighted by Gasteiger charge is -2.27. The number of nitrogens with one attached hydrogen (secondary N) is 2. The van der Waals surface area contributed by atoms with E-state index in [0.717, 1.165) is 0 Å². The lowest BCUT2D eigenvalue weighted by Crippen LogP contribution is -2.38. The van der Waals surface area contributed by atoms with E-state index in [1.807, 2.05) is 4.90 Å². The summed E-state index contributed by atoms with van der Waals surface area (Å²) in [5.74, 6) is 2.76. The molecule has 0 atom stereocenters. The highest BCUT2D eigenvalue weighted by Gasteiger charge is 2.22. The highest BCUT2D eigenvalue weighted by molar-refractivity contribution is 6.28. The molecule has 0 amide bonds. The molecule has 4 aromatic rings. The van der Waals surface area contributed by atoms with Gasteiger partial charge in [0.05, 0.1) is 66.6 Å². The first-order chi connectivity index (χ1) is 19.8. The van der Waals surface area contributed by atoms with Gasteiger partial charge in [0.1, 0.15) is 11.0 Å². The van der Waals surface area contributed by atoms with Crippen LogP contribution in [0.15, 0.2) is 21.7 Å². The fourth-order valence-electron chi connectivity index (χ4n) is 4.37. The van der Waals surface area contributed by atoms with Gasteiger partial charge in [-0.3, -0.25) is 19.6 Å². The molecule has 0 radical (unpaired) electrons. The molecule has 0 bridgehead atoms. The van der Waals surface area contributed by atoms with Crippen molar-refractivity contribution in [3.8, 4) is 34.5 Å². The number of anilines is 1. The van der Waals surface area contributed by atoms with Crippen LogP contribution in [0.25, 0.3) is 21.8 Å². The maximum atomic E-state index is 12.5. The van der Waals surface area contributed by atoms with Crippen molar-refractivity contribution in [2.45, 2.75) is 0 Å². The quantitative estimate of drug-likeness (QED) is 0.303. The van der Waals surface area contributed by atoms with Gasteiger partial charge in [-0.2, -0.15) is 0 Å². The Kier molecular flexibility index (Phi) is 9.24. The minimum absolute atomic E-state index is 0.0157. The van der Waals surface area contributed by atoms with E-state index < -0.39 is 0 Å². The highest BCUT2D eigenvalue weighted by Crippen LogP contribution is 2.42. The first-order valence-electron chi connectivity index (χ1n) is 12.3. The highest BCUT2D eigenvalue weighted by atomic mass is 35.5. The SMILES string of the molecule is COc1cc2c(=O)[nH]c(Cl)nc2c(OC)c1OC.COc1cc2c(=O)[nH]c(N3CCOCC3)nc2c(OC)c1OC. The predicted molar refractivity (Wildman–Crippen MR) is 152 cm³/mol. The van der Waals surface area contributed by atoms with E-state index in [1.54, 1.807) is 6.07 Å². The van der Waals surface area contributed by atoms with Gasteiger partial charge in [-0.15, -0.1) is 0 Å². The van der Waals surface area contributed by atoms with Crippen LogP contribution in [0.4, 0.5) is 5.95 Å². The Morgan fingerprint density at radius 1 is 0.707 bits per heavy atom. The van der Waals surface area contributed by atoms with E-state index >= 15 is 0 Å². The summed E-state index contributed by atoms with van der Waals surface area (Å²) in [5.41, 5.74) is 0.138. The number of fused-ring (bicyclic) bond motifs is 2. The van der Waals surface area contributed by atoms with Crippen LogP contribution in [-0.4, -0.2) is 88.9 Å². The van der Waals surface area contributed by atoms with Gasteiger partial charge in [0.25, 0.3) is 11.1 Å². The average molecular weight is 592 g/mol. The van der Waals surface area contributed by atoms with E-state index in [4.69, 9.17) is 44.8 Å². The predicted octanol–water partition coefficient (Wildman–Crippen LogP) is 2.39. The second-order valence-electron chi connectivity index (χ2n) is 8.43. The molecule has 1 aliphatic heterocycles. The average Bonchev–Trinajstić information content (AvgIpc) is 2.99. The summed E-state index contributed by atoms with van der Waals surface area (Å²) in [6.07, 6.45) is 0. The standard InChI is InChI=1S/C15H19N3O5.C11H11ClN2O4/c1-20-10-8-9-11(13(22-3)12(10)21-2)16-15(17-14(9)19)18-4-6-23-7-5-18;1-16-6-4-5-7(9(18-3)8(6)17-2)13-11(12)14-10(5)15/h8H,4-7H2,1-3H3,(H,16,17,19);4H,1-3H3,(H,13,14,15). The summed E-state index contributed by atoms with van der Waals surface area (Å²) in [6.45, 7) is 2.55. The zero-order valence-electron chi connectivity index (χ0n) is 23.4. The molecule has 14 nitrogen and oxygen atoms in total. The van der Waals surface area contributed by atoms with Gasteiger partial charge < -0.3 is 38.1 Å². The number of nitrogens with zero attached hydrogens (tertiary/aromatic N) is 3. The largest absolute Gasteiger partial charge is 0.493 e.